The van der Waals surface area contributed by atoms with Gasteiger partial charge in [-0.05, 0) is 61.4 Å². The highest BCUT2D eigenvalue weighted by molar-refractivity contribution is 7.92. The van der Waals surface area contributed by atoms with Crippen LogP contribution in [0.15, 0.2) is 114 Å². The molecule has 6 nitrogen and oxygen atoms in total. The first-order chi connectivity index (χ1) is 18.4. The van der Waals surface area contributed by atoms with Crippen LogP contribution in [0.25, 0.3) is 0 Å². The third-order valence-corrected chi connectivity index (χ3v) is 7.90. The number of benzene rings is 4. The van der Waals surface area contributed by atoms with Gasteiger partial charge in [0.1, 0.15) is 12.3 Å². The number of carbonyl (C=O) groups is 1. The summed E-state index contributed by atoms with van der Waals surface area (Å²) in [5, 5.41) is 0. The van der Waals surface area contributed by atoms with Crippen molar-refractivity contribution in [2.75, 3.05) is 17.5 Å². The van der Waals surface area contributed by atoms with Gasteiger partial charge in [0.05, 0.1) is 17.2 Å². The molecule has 4 aromatic carbocycles. The Hall–Kier alpha value is -4.10. The van der Waals surface area contributed by atoms with Gasteiger partial charge in [0, 0.05) is 13.1 Å². The van der Waals surface area contributed by atoms with Gasteiger partial charge in [0.25, 0.3) is 10.0 Å². The Morgan fingerprint density at radius 1 is 0.737 bits per heavy atom. The zero-order valence-corrected chi connectivity index (χ0v) is 22.5. The summed E-state index contributed by atoms with van der Waals surface area (Å²) in [4.78, 5) is 15.6. The molecule has 0 aliphatic rings. The fraction of sp³-hybridized carbons (Fsp3) is 0.194. The van der Waals surface area contributed by atoms with Crippen molar-refractivity contribution in [1.82, 2.24) is 4.90 Å². The molecule has 0 spiro atoms. The van der Waals surface area contributed by atoms with Crippen molar-refractivity contribution in [3.63, 3.8) is 0 Å². The first kappa shape index (κ1) is 26.9. The summed E-state index contributed by atoms with van der Waals surface area (Å²) in [5.41, 5.74) is 3.35. The number of hydrogen-bond acceptors (Lipinski definition) is 4. The molecule has 4 aromatic rings. The molecule has 196 valence electrons. The molecule has 4 rings (SSSR count). The van der Waals surface area contributed by atoms with Crippen molar-refractivity contribution >= 4 is 21.6 Å². The van der Waals surface area contributed by atoms with Crippen molar-refractivity contribution in [3.8, 4) is 5.75 Å². The van der Waals surface area contributed by atoms with Crippen LogP contribution in [0.1, 0.15) is 23.6 Å². The average molecular weight is 529 g/mol. The third-order valence-electron chi connectivity index (χ3n) is 6.11. The molecule has 0 aliphatic heterocycles. The Morgan fingerprint density at radius 3 is 1.76 bits per heavy atom. The van der Waals surface area contributed by atoms with E-state index in [1.54, 1.807) is 29.2 Å². The van der Waals surface area contributed by atoms with Crippen LogP contribution in [0, 0.1) is 6.92 Å². The standard InChI is InChI=1S/C31H32N2O4S/c1-3-37-29-18-20-30(21-19-29)38(35,36)33(28-16-14-25(2)15-17-28)24-31(34)32(22-26-10-6-4-7-11-26)23-27-12-8-5-9-13-27/h4-21H,3,22-24H2,1-2H3. The summed E-state index contributed by atoms with van der Waals surface area (Å²) in [6.45, 7) is 4.67. The number of hydrogen-bond donors (Lipinski definition) is 0. The number of anilines is 1. The van der Waals surface area contributed by atoms with Crippen molar-refractivity contribution in [2.45, 2.75) is 31.8 Å². The predicted octanol–water partition coefficient (Wildman–Crippen LogP) is 5.82. The van der Waals surface area contributed by atoms with E-state index < -0.39 is 10.0 Å². The van der Waals surface area contributed by atoms with Crippen molar-refractivity contribution in [3.05, 3.63) is 126 Å². The molecule has 0 aliphatic carbocycles. The molecular formula is C31H32N2O4S. The second kappa shape index (κ2) is 12.4. The summed E-state index contributed by atoms with van der Waals surface area (Å²) in [6, 6.07) is 32.8. The number of amides is 1. The lowest BCUT2D eigenvalue weighted by molar-refractivity contribution is -0.130. The zero-order valence-electron chi connectivity index (χ0n) is 21.7. The molecule has 0 heterocycles. The fourth-order valence-electron chi connectivity index (χ4n) is 4.09. The van der Waals surface area contributed by atoms with Gasteiger partial charge in [0.15, 0.2) is 0 Å². The average Bonchev–Trinajstić information content (AvgIpc) is 2.93. The lowest BCUT2D eigenvalue weighted by Gasteiger charge is -2.29. The zero-order chi connectivity index (χ0) is 27.0. The molecule has 38 heavy (non-hydrogen) atoms. The number of nitrogens with zero attached hydrogens (tertiary/aromatic N) is 2. The summed E-state index contributed by atoms with van der Waals surface area (Å²) in [6.07, 6.45) is 0. The van der Waals surface area contributed by atoms with E-state index in [4.69, 9.17) is 4.74 Å². The van der Waals surface area contributed by atoms with E-state index in [1.807, 2.05) is 86.6 Å². The highest BCUT2D eigenvalue weighted by atomic mass is 32.2. The van der Waals surface area contributed by atoms with Gasteiger partial charge in [-0.1, -0.05) is 78.4 Å². The Balaban J connectivity index is 1.68. The molecule has 0 saturated heterocycles. The quantitative estimate of drug-likeness (QED) is 0.246. The highest BCUT2D eigenvalue weighted by Gasteiger charge is 2.29. The van der Waals surface area contributed by atoms with Crippen LogP contribution < -0.4 is 9.04 Å². The molecule has 0 N–H and O–H groups in total. The minimum atomic E-state index is -4.04. The van der Waals surface area contributed by atoms with Crippen LogP contribution in [-0.4, -0.2) is 32.4 Å². The minimum absolute atomic E-state index is 0.0898. The second-order valence-corrected chi connectivity index (χ2v) is 10.8. The van der Waals surface area contributed by atoms with Gasteiger partial charge in [-0.3, -0.25) is 9.10 Å². The molecule has 1 amide bonds. The number of ether oxygens (including phenoxy) is 1. The van der Waals surface area contributed by atoms with Gasteiger partial charge < -0.3 is 9.64 Å². The maximum Gasteiger partial charge on any atom is 0.264 e. The van der Waals surface area contributed by atoms with Gasteiger partial charge in [-0.15, -0.1) is 0 Å². The maximum absolute atomic E-state index is 13.9. The minimum Gasteiger partial charge on any atom is -0.494 e. The van der Waals surface area contributed by atoms with E-state index in [2.05, 4.69) is 0 Å². The summed E-state index contributed by atoms with van der Waals surface area (Å²) in [7, 11) is -4.04. The predicted molar refractivity (Wildman–Crippen MR) is 150 cm³/mol. The van der Waals surface area contributed by atoms with Crippen LogP contribution in [-0.2, 0) is 27.9 Å². The van der Waals surface area contributed by atoms with E-state index in [1.165, 1.54) is 16.4 Å². The summed E-state index contributed by atoms with van der Waals surface area (Å²) in [5.74, 6) is 0.286. The molecule has 0 fully saturated rings. The normalized spacial score (nSPS) is 11.1. The molecular weight excluding hydrogens is 496 g/mol. The summed E-state index contributed by atoms with van der Waals surface area (Å²) < 4.78 is 34.4. The van der Waals surface area contributed by atoms with E-state index >= 15 is 0 Å². The van der Waals surface area contributed by atoms with Crippen LogP contribution in [0.4, 0.5) is 5.69 Å². The Labute approximate surface area is 225 Å². The van der Waals surface area contributed by atoms with Crippen LogP contribution in [0.5, 0.6) is 5.75 Å². The number of aryl methyl sites for hydroxylation is 1. The lowest BCUT2D eigenvalue weighted by Crippen LogP contribution is -2.42. The monoisotopic (exact) mass is 528 g/mol. The van der Waals surface area contributed by atoms with Crippen molar-refractivity contribution in [2.24, 2.45) is 0 Å². The topological polar surface area (TPSA) is 66.9 Å². The van der Waals surface area contributed by atoms with Crippen LogP contribution in [0.2, 0.25) is 0 Å². The van der Waals surface area contributed by atoms with Crippen molar-refractivity contribution in [1.29, 1.82) is 0 Å². The highest BCUT2D eigenvalue weighted by Crippen LogP contribution is 2.26. The Bertz CT molecular complexity index is 1380. The van der Waals surface area contributed by atoms with E-state index in [0.717, 1.165) is 16.7 Å². The smallest absolute Gasteiger partial charge is 0.264 e. The molecule has 0 bridgehead atoms. The second-order valence-electron chi connectivity index (χ2n) is 8.97. The number of rotatable bonds is 11. The Morgan fingerprint density at radius 2 is 1.26 bits per heavy atom. The molecule has 0 unspecified atom stereocenters. The molecule has 0 saturated carbocycles. The molecule has 0 radical (unpaired) electrons. The first-order valence-electron chi connectivity index (χ1n) is 12.5. The van der Waals surface area contributed by atoms with Crippen molar-refractivity contribution < 1.29 is 17.9 Å². The SMILES string of the molecule is CCOc1ccc(S(=O)(=O)N(CC(=O)N(Cc2ccccc2)Cc2ccccc2)c2ccc(C)cc2)cc1. The van der Waals surface area contributed by atoms with E-state index in [9.17, 15) is 13.2 Å². The molecule has 0 atom stereocenters. The Kier molecular flexibility index (Phi) is 8.81. The van der Waals surface area contributed by atoms with E-state index in [-0.39, 0.29) is 17.3 Å². The molecule has 7 heteroatoms. The van der Waals surface area contributed by atoms with Gasteiger partial charge in [0.2, 0.25) is 5.91 Å². The molecule has 0 aromatic heterocycles. The largest absolute Gasteiger partial charge is 0.494 e. The van der Waals surface area contributed by atoms with Crippen LogP contribution >= 0.6 is 0 Å². The first-order valence-corrected chi connectivity index (χ1v) is 14.0. The number of sulfonamides is 1. The van der Waals surface area contributed by atoms with Crippen LogP contribution in [0.3, 0.4) is 0 Å². The fourth-order valence-corrected chi connectivity index (χ4v) is 5.50. The number of carbonyl (C=O) groups excluding carboxylic acids is 1. The van der Waals surface area contributed by atoms with Gasteiger partial charge in [-0.25, -0.2) is 8.42 Å². The van der Waals surface area contributed by atoms with E-state index in [0.29, 0.717) is 31.1 Å². The third kappa shape index (κ3) is 6.81. The maximum atomic E-state index is 13.9. The van der Waals surface area contributed by atoms with Gasteiger partial charge >= 0.3 is 0 Å². The van der Waals surface area contributed by atoms with Gasteiger partial charge in [-0.2, -0.15) is 0 Å². The lowest BCUT2D eigenvalue weighted by atomic mass is 10.1. The summed E-state index contributed by atoms with van der Waals surface area (Å²) >= 11 is 0.